The predicted molar refractivity (Wildman–Crippen MR) is 124 cm³/mol. The summed E-state index contributed by atoms with van der Waals surface area (Å²) in [6.45, 7) is 0. The van der Waals surface area contributed by atoms with Crippen LogP contribution in [0.5, 0.6) is 0 Å². The van der Waals surface area contributed by atoms with Gasteiger partial charge in [0, 0.05) is 42.8 Å². The molecule has 2 aromatic heterocycles. The first-order valence-corrected chi connectivity index (χ1v) is 10.3. The van der Waals surface area contributed by atoms with Gasteiger partial charge in [-0.2, -0.15) is 13.2 Å². The van der Waals surface area contributed by atoms with Crippen LogP contribution in [0.15, 0.2) is 82.0 Å². The zero-order valence-corrected chi connectivity index (χ0v) is 21.5. The van der Waals surface area contributed by atoms with Crippen molar-refractivity contribution in [2.45, 2.75) is 13.6 Å². The minimum Gasteiger partial charge on any atom is -0.304 e. The van der Waals surface area contributed by atoms with E-state index in [9.17, 15) is 17.6 Å². The van der Waals surface area contributed by atoms with Gasteiger partial charge < -0.3 is 9.97 Å². The van der Waals surface area contributed by atoms with Gasteiger partial charge in [0.1, 0.15) is 0 Å². The molecule has 4 rings (SSSR count). The van der Waals surface area contributed by atoms with Gasteiger partial charge in [-0.3, -0.25) is 4.39 Å². The third-order valence-corrected chi connectivity index (χ3v) is 4.88. The van der Waals surface area contributed by atoms with Gasteiger partial charge >= 0.3 is 6.18 Å². The summed E-state index contributed by atoms with van der Waals surface area (Å²) in [5.74, 6) is -0.458. The van der Waals surface area contributed by atoms with Gasteiger partial charge in [-0.1, -0.05) is 36.2 Å². The molecule has 2 heterocycles. The van der Waals surface area contributed by atoms with E-state index in [-0.39, 0.29) is 27.5 Å². The van der Waals surface area contributed by atoms with Crippen molar-refractivity contribution >= 4 is 31.9 Å². The Morgan fingerprint density at radius 3 is 1.67 bits per heavy atom. The molecular formula is C24H16Br2F4IrN2-2. The monoisotopic (exact) mass is 759 g/mol. The van der Waals surface area contributed by atoms with Crippen molar-refractivity contribution in [1.29, 1.82) is 0 Å². The van der Waals surface area contributed by atoms with Gasteiger partial charge in [0.05, 0.1) is 5.56 Å². The molecule has 2 aromatic carbocycles. The summed E-state index contributed by atoms with van der Waals surface area (Å²) in [4.78, 5) is 7.96. The maximum atomic E-state index is 12.6. The van der Waals surface area contributed by atoms with Crippen LogP contribution in [0.25, 0.3) is 22.5 Å². The molecule has 0 unspecified atom stereocenters. The molecule has 175 valence electrons. The molecule has 0 aliphatic carbocycles. The summed E-state index contributed by atoms with van der Waals surface area (Å²) in [7, 11) is 0. The Morgan fingerprint density at radius 1 is 0.697 bits per heavy atom. The first-order chi connectivity index (χ1) is 14.7. The minimum absolute atomic E-state index is 0. The summed E-state index contributed by atoms with van der Waals surface area (Å²) in [5, 5.41) is 0. The zero-order valence-electron chi connectivity index (χ0n) is 15.9. The Hall–Kier alpha value is -1.93. The number of nitrogens with zero attached hydrogens (tertiary/aromatic N) is 2. The Balaban J connectivity index is 0.000000316. The smallest absolute Gasteiger partial charge is 0.304 e. The van der Waals surface area contributed by atoms with Gasteiger partial charge in [-0.15, -0.1) is 75.6 Å². The van der Waals surface area contributed by atoms with Crippen molar-refractivity contribution in [2.75, 3.05) is 0 Å². The predicted octanol–water partition coefficient (Wildman–Crippen LogP) is 8.41. The van der Waals surface area contributed by atoms with Crippen molar-refractivity contribution in [3.63, 3.8) is 0 Å². The molecule has 0 amide bonds. The third-order valence-electron chi connectivity index (χ3n) is 3.92. The number of hydrogen-bond donors (Lipinski definition) is 0. The number of benzene rings is 2. The number of aromatic nitrogens is 2. The molecule has 9 heteroatoms. The SMILES string of the molecule is Brc1c[c-]c(-c2ccc(Br)cn2)cc1.C.Fc1c[c-]c(-c2ccc(C(F)(F)F)cn2)cc1.[Ir]. The van der Waals surface area contributed by atoms with Crippen molar-refractivity contribution in [3.8, 4) is 22.5 Å². The molecule has 0 aliphatic heterocycles. The second-order valence-corrected chi connectivity index (χ2v) is 7.96. The summed E-state index contributed by atoms with van der Waals surface area (Å²) >= 11 is 6.72. The van der Waals surface area contributed by atoms with Gasteiger partial charge in [0.25, 0.3) is 0 Å². The van der Waals surface area contributed by atoms with E-state index in [4.69, 9.17) is 0 Å². The molecule has 0 bridgehead atoms. The second kappa shape index (κ2) is 13.1. The fourth-order valence-corrected chi connectivity index (χ4v) is 2.87. The Morgan fingerprint density at radius 2 is 1.24 bits per heavy atom. The van der Waals surface area contributed by atoms with E-state index in [0.29, 0.717) is 11.3 Å². The Labute approximate surface area is 220 Å². The largest absolute Gasteiger partial charge is 0.417 e. The number of alkyl halides is 3. The van der Waals surface area contributed by atoms with Gasteiger partial charge in [-0.25, -0.2) is 0 Å². The van der Waals surface area contributed by atoms with Gasteiger partial charge in [-0.05, 0) is 27.3 Å². The first kappa shape index (κ1) is 29.1. The number of hydrogen-bond acceptors (Lipinski definition) is 2. The Kier molecular flexibility index (Phi) is 11.5. The van der Waals surface area contributed by atoms with Crippen molar-refractivity contribution in [2.24, 2.45) is 0 Å². The van der Waals surface area contributed by atoms with Crippen LogP contribution in [0.2, 0.25) is 0 Å². The molecule has 0 saturated carbocycles. The average Bonchev–Trinajstić information content (AvgIpc) is 2.75. The molecule has 1 radical (unpaired) electrons. The average molecular weight is 760 g/mol. The molecule has 0 spiro atoms. The van der Waals surface area contributed by atoms with E-state index >= 15 is 0 Å². The third kappa shape index (κ3) is 8.74. The molecule has 4 aromatic rings. The molecule has 33 heavy (non-hydrogen) atoms. The van der Waals surface area contributed by atoms with E-state index in [0.717, 1.165) is 38.5 Å². The van der Waals surface area contributed by atoms with E-state index in [1.807, 2.05) is 30.3 Å². The minimum atomic E-state index is -4.40. The van der Waals surface area contributed by atoms with E-state index in [1.165, 1.54) is 18.2 Å². The molecule has 0 aliphatic rings. The van der Waals surface area contributed by atoms with Crippen LogP contribution >= 0.6 is 31.9 Å². The van der Waals surface area contributed by atoms with E-state index in [2.05, 4.69) is 54.0 Å². The molecule has 0 saturated heterocycles. The molecular weight excluding hydrogens is 744 g/mol. The Bertz CT molecular complexity index is 1070. The number of pyridine rings is 2. The fourth-order valence-electron chi connectivity index (χ4n) is 2.39. The van der Waals surface area contributed by atoms with Crippen LogP contribution < -0.4 is 0 Å². The maximum Gasteiger partial charge on any atom is 0.417 e. The molecule has 0 fully saturated rings. The van der Waals surface area contributed by atoms with Crippen LogP contribution in [0.4, 0.5) is 17.6 Å². The van der Waals surface area contributed by atoms with Crippen LogP contribution in [0.1, 0.15) is 13.0 Å². The topological polar surface area (TPSA) is 25.8 Å². The maximum absolute atomic E-state index is 12.6. The standard InChI is InChI=1S/C12H6F4N.C11H6Br2N.CH4.Ir/c13-10-4-1-8(2-5-10)11-6-3-9(7-17-11)12(14,15)16;12-9-3-1-8(2-4-9)11-6-5-10(13)7-14-11;;/h1,3-7H;1,3-7H;1H4;/q2*-1;;. The first-order valence-electron chi connectivity index (χ1n) is 8.72. The van der Waals surface area contributed by atoms with Gasteiger partial charge in [0.2, 0.25) is 0 Å². The van der Waals surface area contributed by atoms with Crippen molar-refractivity contribution in [1.82, 2.24) is 9.97 Å². The summed E-state index contributed by atoms with van der Waals surface area (Å²) in [6.07, 6.45) is -1.88. The summed E-state index contributed by atoms with van der Waals surface area (Å²) in [6, 6.07) is 21.4. The van der Waals surface area contributed by atoms with Crippen molar-refractivity contribution < 1.29 is 37.7 Å². The normalized spacial score (nSPS) is 10.2. The van der Waals surface area contributed by atoms with Crippen molar-refractivity contribution in [3.05, 3.63) is 106 Å². The molecule has 0 N–H and O–H groups in total. The van der Waals surface area contributed by atoms with Crippen LogP contribution in [-0.2, 0) is 26.3 Å². The second-order valence-electron chi connectivity index (χ2n) is 6.13. The number of halogens is 6. The van der Waals surface area contributed by atoms with Crippen LogP contribution in [-0.4, -0.2) is 9.97 Å². The quantitative estimate of drug-likeness (QED) is 0.152. The van der Waals surface area contributed by atoms with E-state index < -0.39 is 17.6 Å². The van der Waals surface area contributed by atoms with Crippen LogP contribution in [0.3, 0.4) is 0 Å². The number of rotatable bonds is 2. The molecule has 2 nitrogen and oxygen atoms in total. The zero-order chi connectivity index (χ0) is 22.4. The fraction of sp³-hybridized carbons (Fsp3) is 0.0833. The summed E-state index contributed by atoms with van der Waals surface area (Å²) < 4.78 is 51.5. The van der Waals surface area contributed by atoms with Crippen LogP contribution in [0, 0.1) is 17.9 Å². The molecule has 0 atom stereocenters. The van der Waals surface area contributed by atoms with E-state index in [1.54, 1.807) is 6.20 Å². The summed E-state index contributed by atoms with van der Waals surface area (Å²) in [5.41, 5.74) is 1.88. The van der Waals surface area contributed by atoms with Gasteiger partial charge in [0.15, 0.2) is 0 Å².